The van der Waals surface area contributed by atoms with Crippen LogP contribution in [0.15, 0.2) is 0 Å². The maximum atomic E-state index is 12.5. The number of carbonyl (C=O) groups is 2. The highest BCUT2D eigenvalue weighted by Crippen LogP contribution is 2.33. The highest BCUT2D eigenvalue weighted by atomic mass is 16.2. The molecule has 6 heteroatoms. The van der Waals surface area contributed by atoms with Crippen LogP contribution in [0, 0.1) is 5.92 Å². The molecule has 3 rings (SSSR count). The SMILES string of the molecule is CCNC(=O)N1CCC(NC(=O)C2CC3CCCCC3N2)C1. The average Bonchev–Trinajstić information content (AvgIpc) is 3.13. The summed E-state index contributed by atoms with van der Waals surface area (Å²) in [5.74, 6) is 0.803. The molecule has 22 heavy (non-hydrogen) atoms. The monoisotopic (exact) mass is 308 g/mol. The standard InChI is InChI=1S/C16H28N4O2/c1-2-17-16(22)20-8-7-12(10-20)18-15(21)14-9-11-5-3-4-6-13(11)19-14/h11-14,19H,2-10H2,1H3,(H,17,22)(H,18,21). The van der Waals surface area contributed by atoms with Crippen LogP contribution in [0.3, 0.4) is 0 Å². The third kappa shape index (κ3) is 3.37. The zero-order chi connectivity index (χ0) is 15.5. The highest BCUT2D eigenvalue weighted by molar-refractivity contribution is 5.82. The van der Waals surface area contributed by atoms with E-state index in [2.05, 4.69) is 16.0 Å². The minimum absolute atomic E-state index is 0.0238. The molecule has 0 bridgehead atoms. The van der Waals surface area contributed by atoms with Crippen molar-refractivity contribution in [1.82, 2.24) is 20.9 Å². The van der Waals surface area contributed by atoms with Crippen molar-refractivity contribution in [2.24, 2.45) is 5.92 Å². The Bertz CT molecular complexity index is 414. The van der Waals surface area contributed by atoms with Crippen LogP contribution in [0.4, 0.5) is 4.79 Å². The van der Waals surface area contributed by atoms with Gasteiger partial charge in [-0.1, -0.05) is 12.8 Å². The molecule has 0 aromatic heterocycles. The van der Waals surface area contributed by atoms with E-state index in [4.69, 9.17) is 0 Å². The summed E-state index contributed by atoms with van der Waals surface area (Å²) in [5, 5.41) is 9.46. The molecular formula is C16H28N4O2. The molecule has 1 saturated carbocycles. The van der Waals surface area contributed by atoms with Gasteiger partial charge < -0.3 is 20.9 Å². The quantitative estimate of drug-likeness (QED) is 0.723. The van der Waals surface area contributed by atoms with E-state index in [0.717, 1.165) is 19.4 Å². The van der Waals surface area contributed by atoms with Gasteiger partial charge in [0.25, 0.3) is 0 Å². The third-order valence-corrected chi connectivity index (χ3v) is 5.33. The second-order valence-electron chi connectivity index (χ2n) is 6.88. The van der Waals surface area contributed by atoms with Gasteiger partial charge in [-0.3, -0.25) is 4.79 Å². The van der Waals surface area contributed by atoms with Gasteiger partial charge in [0, 0.05) is 31.7 Å². The maximum absolute atomic E-state index is 12.5. The third-order valence-electron chi connectivity index (χ3n) is 5.33. The van der Waals surface area contributed by atoms with Gasteiger partial charge in [-0.05, 0) is 38.5 Å². The number of likely N-dealkylation sites (tertiary alicyclic amines) is 1. The molecule has 2 heterocycles. The van der Waals surface area contributed by atoms with Crippen LogP contribution in [0.25, 0.3) is 0 Å². The predicted octanol–water partition coefficient (Wildman–Crippen LogP) is 0.827. The Kier molecular flexibility index (Phi) is 4.86. The second kappa shape index (κ2) is 6.86. The van der Waals surface area contributed by atoms with E-state index in [9.17, 15) is 9.59 Å². The number of hydrogen-bond acceptors (Lipinski definition) is 3. The first kappa shape index (κ1) is 15.6. The normalized spacial score (nSPS) is 34.3. The lowest BCUT2D eigenvalue weighted by atomic mass is 9.85. The van der Waals surface area contributed by atoms with Crippen LogP contribution < -0.4 is 16.0 Å². The van der Waals surface area contributed by atoms with Gasteiger partial charge in [0.2, 0.25) is 5.91 Å². The van der Waals surface area contributed by atoms with E-state index in [1.807, 2.05) is 6.92 Å². The number of nitrogens with zero attached hydrogens (tertiary/aromatic N) is 1. The summed E-state index contributed by atoms with van der Waals surface area (Å²) in [6.45, 7) is 3.90. The molecule has 0 spiro atoms. The number of nitrogens with one attached hydrogen (secondary N) is 3. The van der Waals surface area contributed by atoms with Crippen LogP contribution in [0.1, 0.15) is 45.4 Å². The van der Waals surface area contributed by atoms with E-state index in [-0.39, 0.29) is 24.0 Å². The lowest BCUT2D eigenvalue weighted by Gasteiger charge is -2.24. The number of carbonyl (C=O) groups excluding carboxylic acids is 2. The zero-order valence-electron chi connectivity index (χ0n) is 13.4. The molecule has 0 aromatic rings. The van der Waals surface area contributed by atoms with Crippen LogP contribution in [-0.4, -0.2) is 54.6 Å². The Morgan fingerprint density at radius 3 is 2.82 bits per heavy atom. The Balaban J connectivity index is 1.46. The molecule has 3 amide bonds. The van der Waals surface area contributed by atoms with Crippen molar-refractivity contribution in [2.45, 2.75) is 63.6 Å². The number of amides is 3. The summed E-state index contributed by atoms with van der Waals surface area (Å²) >= 11 is 0. The first-order chi connectivity index (χ1) is 10.7. The maximum Gasteiger partial charge on any atom is 0.317 e. The van der Waals surface area contributed by atoms with Gasteiger partial charge in [0.15, 0.2) is 0 Å². The Hall–Kier alpha value is -1.30. The molecule has 3 aliphatic rings. The minimum Gasteiger partial charge on any atom is -0.350 e. The average molecular weight is 308 g/mol. The Morgan fingerprint density at radius 2 is 2.05 bits per heavy atom. The van der Waals surface area contributed by atoms with Crippen molar-refractivity contribution in [2.75, 3.05) is 19.6 Å². The van der Waals surface area contributed by atoms with Crippen molar-refractivity contribution >= 4 is 11.9 Å². The number of rotatable bonds is 3. The van der Waals surface area contributed by atoms with E-state index < -0.39 is 0 Å². The number of hydrogen-bond donors (Lipinski definition) is 3. The topological polar surface area (TPSA) is 73.5 Å². The predicted molar refractivity (Wildman–Crippen MR) is 84.5 cm³/mol. The first-order valence-electron chi connectivity index (χ1n) is 8.76. The van der Waals surface area contributed by atoms with Gasteiger partial charge in [-0.15, -0.1) is 0 Å². The molecule has 4 unspecified atom stereocenters. The summed E-state index contributed by atoms with van der Waals surface area (Å²) in [6.07, 6.45) is 6.89. The van der Waals surface area contributed by atoms with Crippen LogP contribution in [0.5, 0.6) is 0 Å². The van der Waals surface area contributed by atoms with Gasteiger partial charge in [0.05, 0.1) is 6.04 Å². The molecule has 3 fully saturated rings. The smallest absolute Gasteiger partial charge is 0.317 e. The lowest BCUT2D eigenvalue weighted by molar-refractivity contribution is -0.123. The summed E-state index contributed by atoms with van der Waals surface area (Å²) < 4.78 is 0. The molecule has 2 saturated heterocycles. The van der Waals surface area contributed by atoms with E-state index in [0.29, 0.717) is 25.0 Å². The van der Waals surface area contributed by atoms with Crippen LogP contribution in [0.2, 0.25) is 0 Å². The molecule has 4 atom stereocenters. The Morgan fingerprint density at radius 1 is 1.23 bits per heavy atom. The highest BCUT2D eigenvalue weighted by Gasteiger charge is 2.39. The summed E-state index contributed by atoms with van der Waals surface area (Å²) in [4.78, 5) is 26.0. The van der Waals surface area contributed by atoms with Crippen molar-refractivity contribution in [1.29, 1.82) is 0 Å². The summed E-state index contributed by atoms with van der Waals surface area (Å²) in [6, 6.07) is 0.579. The zero-order valence-corrected chi connectivity index (χ0v) is 13.4. The fourth-order valence-corrected chi connectivity index (χ4v) is 4.15. The van der Waals surface area contributed by atoms with Gasteiger partial charge in [-0.25, -0.2) is 4.79 Å². The molecule has 2 aliphatic heterocycles. The fraction of sp³-hybridized carbons (Fsp3) is 0.875. The van der Waals surface area contributed by atoms with Crippen LogP contribution in [-0.2, 0) is 4.79 Å². The van der Waals surface area contributed by atoms with Crippen molar-refractivity contribution in [3.63, 3.8) is 0 Å². The van der Waals surface area contributed by atoms with Gasteiger partial charge >= 0.3 is 6.03 Å². The van der Waals surface area contributed by atoms with Crippen molar-refractivity contribution in [3.05, 3.63) is 0 Å². The lowest BCUT2D eigenvalue weighted by Crippen LogP contribution is -2.48. The first-order valence-corrected chi connectivity index (χ1v) is 8.76. The van der Waals surface area contributed by atoms with E-state index in [1.54, 1.807) is 4.90 Å². The van der Waals surface area contributed by atoms with Gasteiger partial charge in [0.1, 0.15) is 0 Å². The molecular weight excluding hydrogens is 280 g/mol. The van der Waals surface area contributed by atoms with Crippen LogP contribution >= 0.6 is 0 Å². The summed E-state index contributed by atoms with van der Waals surface area (Å²) in [7, 11) is 0. The summed E-state index contributed by atoms with van der Waals surface area (Å²) in [5.41, 5.74) is 0. The molecule has 6 nitrogen and oxygen atoms in total. The molecule has 3 N–H and O–H groups in total. The number of fused-ring (bicyclic) bond motifs is 1. The van der Waals surface area contributed by atoms with Crippen molar-refractivity contribution < 1.29 is 9.59 Å². The van der Waals surface area contributed by atoms with Crippen molar-refractivity contribution in [3.8, 4) is 0 Å². The van der Waals surface area contributed by atoms with E-state index >= 15 is 0 Å². The van der Waals surface area contributed by atoms with Gasteiger partial charge in [-0.2, -0.15) is 0 Å². The molecule has 124 valence electrons. The molecule has 0 aromatic carbocycles. The Labute approximate surface area is 132 Å². The second-order valence-corrected chi connectivity index (χ2v) is 6.88. The number of urea groups is 1. The largest absolute Gasteiger partial charge is 0.350 e. The molecule has 0 radical (unpaired) electrons. The fourth-order valence-electron chi connectivity index (χ4n) is 4.15. The molecule has 1 aliphatic carbocycles. The van der Waals surface area contributed by atoms with E-state index in [1.165, 1.54) is 25.7 Å². The minimum atomic E-state index is -0.0355.